The second-order valence-electron chi connectivity index (χ2n) is 8.50. The van der Waals surface area contributed by atoms with E-state index >= 15 is 0 Å². The van der Waals surface area contributed by atoms with Gasteiger partial charge < -0.3 is 0 Å². The zero-order valence-corrected chi connectivity index (χ0v) is 16.2. The molecule has 0 aliphatic heterocycles. The normalized spacial score (nSPS) is 14.3. The van der Waals surface area contributed by atoms with Crippen molar-refractivity contribution in [2.24, 2.45) is 0 Å². The van der Waals surface area contributed by atoms with Crippen molar-refractivity contribution in [3.63, 3.8) is 0 Å². The van der Waals surface area contributed by atoms with Crippen molar-refractivity contribution >= 4 is 70.2 Å². The molecule has 7 aromatic rings. The molecule has 0 saturated carbocycles. The predicted octanol–water partition coefficient (Wildman–Crippen LogP) is 7.48. The van der Waals surface area contributed by atoms with Crippen LogP contribution in [0.25, 0.3) is 70.2 Å². The van der Waals surface area contributed by atoms with Crippen LogP contribution in [-0.2, 0) is 0 Å². The summed E-state index contributed by atoms with van der Waals surface area (Å²) in [5.74, 6) is 0. The average Bonchev–Trinajstić information content (AvgIpc) is 3.45. The first-order chi connectivity index (χ1) is 14.9. The van der Waals surface area contributed by atoms with Crippen molar-refractivity contribution in [2.75, 3.05) is 0 Å². The molecule has 7 aromatic carbocycles. The van der Waals surface area contributed by atoms with E-state index in [1.54, 1.807) is 0 Å². The summed E-state index contributed by atoms with van der Waals surface area (Å²) in [6.45, 7) is 0. The first-order valence-electron chi connectivity index (χ1n) is 10.5. The highest BCUT2D eigenvalue weighted by Gasteiger charge is 2.22. The Morgan fingerprint density at radius 1 is 0.400 bits per heavy atom. The van der Waals surface area contributed by atoms with Crippen molar-refractivity contribution in [3.8, 4) is 0 Å². The van der Waals surface area contributed by atoms with Gasteiger partial charge in [0.15, 0.2) is 0 Å². The van der Waals surface area contributed by atoms with Crippen molar-refractivity contribution in [1.82, 2.24) is 0 Å². The standard InChI is InChI=1S/C30H16/c1-2-8-20-21(9-3-1)29-25-16-24(17-6-4-5-7-17)23-15-13-18-10-11-19-12-14-22(20)30(29)27(19)26(18)28(23)25/h1-16H. The molecule has 0 atom stereocenters. The van der Waals surface area contributed by atoms with Crippen molar-refractivity contribution in [2.45, 2.75) is 0 Å². The molecule has 8 rings (SSSR count). The second kappa shape index (κ2) is 4.98. The minimum atomic E-state index is 1.31. The van der Waals surface area contributed by atoms with Crippen LogP contribution < -0.4 is 5.22 Å². The number of rotatable bonds is 0. The smallest absolute Gasteiger partial charge is 0.000762 e. The minimum Gasteiger partial charge on any atom is -0.0622 e. The van der Waals surface area contributed by atoms with Crippen LogP contribution in [0.4, 0.5) is 0 Å². The Morgan fingerprint density at radius 3 is 1.80 bits per heavy atom. The van der Waals surface area contributed by atoms with Crippen LogP contribution in [-0.4, -0.2) is 0 Å². The maximum Gasteiger partial charge on any atom is -0.000762 e. The highest BCUT2D eigenvalue weighted by Crippen LogP contribution is 2.48. The van der Waals surface area contributed by atoms with Crippen molar-refractivity contribution in [1.29, 1.82) is 0 Å². The van der Waals surface area contributed by atoms with E-state index in [9.17, 15) is 0 Å². The number of hydrogen-bond donors (Lipinski definition) is 0. The SMILES string of the molecule is C1=CC(=c2cc3c4c2ccc2ccc5ccc6c7cccccc7c3c6c5c24)C=C1. The number of allylic oxidation sites excluding steroid dienone is 4. The van der Waals surface area contributed by atoms with Gasteiger partial charge in [0, 0.05) is 0 Å². The summed E-state index contributed by atoms with van der Waals surface area (Å²) < 4.78 is 0. The third-order valence-corrected chi connectivity index (χ3v) is 7.11. The monoisotopic (exact) mass is 376 g/mol. The van der Waals surface area contributed by atoms with Crippen LogP contribution in [0.2, 0.25) is 0 Å². The van der Waals surface area contributed by atoms with Gasteiger partial charge in [-0.15, -0.1) is 0 Å². The van der Waals surface area contributed by atoms with E-state index in [2.05, 4.69) is 97.1 Å². The summed E-state index contributed by atoms with van der Waals surface area (Å²) in [5, 5.41) is 18.0. The molecule has 0 N–H and O–H groups in total. The summed E-state index contributed by atoms with van der Waals surface area (Å²) in [6, 6.07) is 27.3. The van der Waals surface area contributed by atoms with Gasteiger partial charge in [0.2, 0.25) is 0 Å². The lowest BCUT2D eigenvalue weighted by Crippen LogP contribution is -1.99. The number of benzene rings is 4. The zero-order chi connectivity index (χ0) is 19.4. The fourth-order valence-electron chi connectivity index (χ4n) is 5.92. The first kappa shape index (κ1) is 15.0. The van der Waals surface area contributed by atoms with Gasteiger partial charge in [0.25, 0.3) is 0 Å². The molecule has 0 heterocycles. The maximum atomic E-state index is 2.44. The van der Waals surface area contributed by atoms with E-state index in [1.807, 2.05) is 0 Å². The Balaban J connectivity index is 1.86. The van der Waals surface area contributed by atoms with Crippen LogP contribution in [0.1, 0.15) is 0 Å². The van der Waals surface area contributed by atoms with E-state index in [-0.39, 0.29) is 0 Å². The minimum absolute atomic E-state index is 1.31. The Labute approximate surface area is 172 Å². The molecule has 136 valence electrons. The van der Waals surface area contributed by atoms with Gasteiger partial charge >= 0.3 is 0 Å². The maximum absolute atomic E-state index is 2.44. The Morgan fingerprint density at radius 2 is 1.00 bits per heavy atom. The summed E-state index contributed by atoms with van der Waals surface area (Å²) in [7, 11) is 0. The molecule has 0 aromatic heterocycles. The molecule has 0 spiro atoms. The highest BCUT2D eigenvalue weighted by molar-refractivity contribution is 6.46. The topological polar surface area (TPSA) is 0 Å². The third kappa shape index (κ3) is 1.58. The zero-order valence-electron chi connectivity index (χ0n) is 16.2. The molecule has 0 unspecified atom stereocenters. The predicted molar refractivity (Wildman–Crippen MR) is 131 cm³/mol. The summed E-state index contributed by atoms with van der Waals surface area (Å²) in [5.41, 5.74) is 1.31. The molecule has 0 heteroatoms. The van der Waals surface area contributed by atoms with Crippen LogP contribution in [0.15, 0.2) is 97.1 Å². The van der Waals surface area contributed by atoms with Crippen LogP contribution >= 0.6 is 0 Å². The van der Waals surface area contributed by atoms with E-state index in [1.165, 1.54) is 75.4 Å². The number of hydrogen-bond acceptors (Lipinski definition) is 0. The number of fused-ring (bicyclic) bond motifs is 4. The van der Waals surface area contributed by atoms with E-state index in [4.69, 9.17) is 0 Å². The van der Waals surface area contributed by atoms with Gasteiger partial charge in [0.05, 0.1) is 0 Å². The molecular formula is C30H16. The molecule has 0 fully saturated rings. The summed E-state index contributed by atoms with van der Waals surface area (Å²) in [6.07, 6.45) is 8.73. The molecular weight excluding hydrogens is 360 g/mol. The molecule has 1 aliphatic rings. The molecule has 0 radical (unpaired) electrons. The molecule has 30 heavy (non-hydrogen) atoms. The highest BCUT2D eigenvalue weighted by atomic mass is 14.2. The quantitative estimate of drug-likeness (QED) is 0.241. The Kier molecular flexibility index (Phi) is 2.49. The van der Waals surface area contributed by atoms with Gasteiger partial charge in [0.1, 0.15) is 0 Å². The van der Waals surface area contributed by atoms with Crippen molar-refractivity contribution < 1.29 is 0 Å². The van der Waals surface area contributed by atoms with Crippen molar-refractivity contribution in [3.05, 3.63) is 102 Å². The molecule has 0 nitrogen and oxygen atoms in total. The lowest BCUT2D eigenvalue weighted by Gasteiger charge is -2.12. The van der Waals surface area contributed by atoms with Gasteiger partial charge in [-0.05, 0) is 81.5 Å². The van der Waals surface area contributed by atoms with Crippen LogP contribution in [0.3, 0.4) is 0 Å². The van der Waals surface area contributed by atoms with Gasteiger partial charge in [-0.25, -0.2) is 0 Å². The fraction of sp³-hybridized carbons (Fsp3) is 0. The molecule has 1 aliphatic carbocycles. The summed E-state index contributed by atoms with van der Waals surface area (Å²) >= 11 is 0. The molecule has 0 saturated heterocycles. The lowest BCUT2D eigenvalue weighted by molar-refractivity contribution is 1.80. The Hall–Kier alpha value is -3.90. The van der Waals surface area contributed by atoms with Crippen LogP contribution in [0, 0.1) is 0 Å². The fourth-order valence-corrected chi connectivity index (χ4v) is 5.92. The third-order valence-electron chi connectivity index (χ3n) is 7.11. The lowest BCUT2D eigenvalue weighted by atomic mass is 9.90. The second-order valence-corrected chi connectivity index (χ2v) is 8.50. The van der Waals surface area contributed by atoms with E-state index in [0.717, 1.165) is 0 Å². The van der Waals surface area contributed by atoms with E-state index in [0.29, 0.717) is 0 Å². The van der Waals surface area contributed by atoms with E-state index < -0.39 is 0 Å². The Bertz CT molecular complexity index is 1910. The largest absolute Gasteiger partial charge is 0.0622 e. The van der Waals surface area contributed by atoms with Gasteiger partial charge in [-0.2, -0.15) is 0 Å². The molecule has 0 bridgehead atoms. The first-order valence-corrected chi connectivity index (χ1v) is 10.5. The van der Waals surface area contributed by atoms with Crippen LogP contribution in [0.5, 0.6) is 0 Å². The van der Waals surface area contributed by atoms with Gasteiger partial charge in [-0.1, -0.05) is 91.0 Å². The average molecular weight is 376 g/mol. The molecule has 0 amide bonds. The summed E-state index contributed by atoms with van der Waals surface area (Å²) in [4.78, 5) is 0. The van der Waals surface area contributed by atoms with Gasteiger partial charge in [-0.3, -0.25) is 0 Å².